The summed E-state index contributed by atoms with van der Waals surface area (Å²) >= 11 is 9.31. The molecule has 0 aliphatic rings. The van der Waals surface area contributed by atoms with E-state index in [0.717, 1.165) is 62.3 Å². The van der Waals surface area contributed by atoms with E-state index in [1.165, 1.54) is 34.4 Å². The van der Waals surface area contributed by atoms with Crippen molar-refractivity contribution in [2.24, 2.45) is 0 Å². The summed E-state index contributed by atoms with van der Waals surface area (Å²) in [5.74, 6) is 2.82. The Bertz CT molecular complexity index is 2810. The molecule has 62 heavy (non-hydrogen) atoms. The van der Waals surface area contributed by atoms with Crippen molar-refractivity contribution in [3.63, 3.8) is 0 Å². The molecule has 0 bridgehead atoms. The van der Waals surface area contributed by atoms with E-state index in [4.69, 9.17) is 19.6 Å². The first-order chi connectivity index (χ1) is 29.6. The minimum atomic E-state index is -0.165. The van der Waals surface area contributed by atoms with Gasteiger partial charge in [0.05, 0.1) is 25.6 Å². The lowest BCUT2D eigenvalue weighted by molar-refractivity contribution is 0.355. The van der Waals surface area contributed by atoms with Crippen molar-refractivity contribution in [1.29, 1.82) is 0 Å². The average molecular weight is 1030 g/mol. The first-order valence-electron chi connectivity index (χ1n) is 19.7. The van der Waals surface area contributed by atoms with Crippen molar-refractivity contribution in [3.05, 3.63) is 142 Å². The van der Waals surface area contributed by atoms with Gasteiger partial charge < -0.3 is 30.3 Å². The lowest BCUT2D eigenvalue weighted by atomic mass is 10.1. The number of ether oxygens (including phenoxy) is 2. The molecule has 0 aliphatic carbocycles. The molecular weight excluding hydrogens is 979 g/mol. The number of rotatable bonds is 10. The van der Waals surface area contributed by atoms with Crippen LogP contribution in [0.4, 0.5) is 11.6 Å². The molecule has 4 aromatic carbocycles. The van der Waals surface area contributed by atoms with Gasteiger partial charge in [0.1, 0.15) is 11.6 Å². The van der Waals surface area contributed by atoms with Crippen LogP contribution in [-0.2, 0) is 13.1 Å². The number of anilines is 2. The Labute approximate surface area is 386 Å². The Balaban J connectivity index is 0.000000191. The summed E-state index contributed by atoms with van der Waals surface area (Å²) in [7, 11) is 3.27. The summed E-state index contributed by atoms with van der Waals surface area (Å²) in [6.45, 7) is 13.4. The molecule has 4 heterocycles. The smallest absolute Gasteiger partial charge is 0.369 e. The number of benzene rings is 4. The number of nitrogens with zero attached hydrogens (tertiary/aromatic N) is 6. The van der Waals surface area contributed by atoms with Crippen LogP contribution in [0.5, 0.6) is 23.0 Å². The predicted molar refractivity (Wildman–Crippen MR) is 262 cm³/mol. The molecule has 320 valence electrons. The van der Waals surface area contributed by atoms with E-state index < -0.39 is 0 Å². The fourth-order valence-corrected chi connectivity index (χ4v) is 6.88. The maximum atomic E-state index is 9.89. The molecule has 4 N–H and O–H groups in total. The Kier molecular flexibility index (Phi) is 15.2. The summed E-state index contributed by atoms with van der Waals surface area (Å²) in [5.41, 5.74) is 13.4. The van der Waals surface area contributed by atoms with E-state index >= 15 is 0 Å². The normalized spacial score (nSPS) is 10.8. The molecule has 4 aromatic heterocycles. The highest BCUT2D eigenvalue weighted by atomic mass is 79.9. The van der Waals surface area contributed by atoms with Crippen LogP contribution in [0.25, 0.3) is 33.5 Å². The third-order valence-electron chi connectivity index (χ3n) is 9.91. The number of fused-ring (bicyclic) bond motifs is 2. The van der Waals surface area contributed by atoms with Crippen LogP contribution in [0.1, 0.15) is 45.0 Å². The minimum Gasteiger partial charge on any atom is -0.504 e. The number of aromatic nitrogens is 6. The van der Waals surface area contributed by atoms with Gasteiger partial charge in [0, 0.05) is 47.7 Å². The van der Waals surface area contributed by atoms with Crippen LogP contribution in [0.15, 0.2) is 97.1 Å². The molecule has 8 aromatic rings. The first-order valence-corrected chi connectivity index (χ1v) is 22.4. The van der Waals surface area contributed by atoms with Gasteiger partial charge in [0.15, 0.2) is 34.3 Å². The molecule has 0 saturated carbocycles. The SMILES string of the molecule is BrB(Br)Br.COc1ccc(-c2c(C)nn3c(NCc4ccc(C)cc4)cc(C)nc23)cc1OC.Cc1ccc(CNc2cc(C)nc3c(-c4ccc(O)c(O)c4)c(C)nn23)cc1. The van der Waals surface area contributed by atoms with E-state index in [0.29, 0.717) is 30.2 Å². The summed E-state index contributed by atoms with van der Waals surface area (Å²) in [6, 6.07) is 31.5. The highest BCUT2D eigenvalue weighted by Gasteiger charge is 2.19. The quantitative estimate of drug-likeness (QED) is 0.0772. The molecule has 0 radical (unpaired) electrons. The molecule has 0 aliphatic heterocycles. The second kappa shape index (κ2) is 20.5. The Morgan fingerprint density at radius 1 is 0.548 bits per heavy atom. The highest BCUT2D eigenvalue weighted by Crippen LogP contribution is 2.37. The van der Waals surface area contributed by atoms with Crippen LogP contribution in [0, 0.1) is 41.5 Å². The molecule has 12 nitrogen and oxygen atoms in total. The molecule has 0 unspecified atom stereocenters. The number of nitrogens with one attached hydrogen (secondary N) is 2. The molecule has 0 spiro atoms. The number of halogens is 3. The third kappa shape index (κ3) is 11.1. The molecule has 0 saturated heterocycles. The molecular formula is C46H48BBr3N8O4. The zero-order valence-corrected chi connectivity index (χ0v) is 40.5. The van der Waals surface area contributed by atoms with Gasteiger partial charge in [0.2, 0.25) is 0 Å². The van der Waals surface area contributed by atoms with Crippen LogP contribution in [0.2, 0.25) is 0 Å². The topological polar surface area (TPSA) is 143 Å². The summed E-state index contributed by atoms with van der Waals surface area (Å²) in [4.78, 5) is 9.46. The predicted octanol–water partition coefficient (Wildman–Crippen LogP) is 11.5. The number of hydrogen-bond acceptors (Lipinski definition) is 10. The van der Waals surface area contributed by atoms with Crippen LogP contribution < -0.4 is 20.1 Å². The maximum absolute atomic E-state index is 9.89. The summed E-state index contributed by atoms with van der Waals surface area (Å²) in [6.07, 6.45) is 0. The standard InChI is InChI=1S/C24H26N4O2.C22H22N4O2.BBr3/c1-15-6-8-18(9-7-15)14-25-22-12-16(2)26-24-23(17(3)27-28(22)24)19-10-11-20(29-4)21(13-19)30-5;1-13-4-6-16(7-5-13)12-23-20-10-14(2)24-22-21(15(3)25-26(20)22)17-8-9-18(27)19(28)11-17;2-1(3)4/h6-13,25H,14H2,1-5H3;4-11,23,27-28H,12H2,1-3H3;. The average Bonchev–Trinajstić information content (AvgIpc) is 3.75. The van der Waals surface area contributed by atoms with Crippen molar-refractivity contribution in [1.82, 2.24) is 29.2 Å². The van der Waals surface area contributed by atoms with Gasteiger partial charge in [-0.05, 0) is 88.1 Å². The number of methoxy groups -OCH3 is 2. The fourth-order valence-electron chi connectivity index (χ4n) is 6.88. The van der Waals surface area contributed by atoms with Gasteiger partial charge in [-0.2, -0.15) is 19.2 Å². The maximum Gasteiger partial charge on any atom is 0.369 e. The number of phenolic OH excluding ortho intramolecular Hbond substituents is 2. The van der Waals surface area contributed by atoms with E-state index in [9.17, 15) is 10.2 Å². The summed E-state index contributed by atoms with van der Waals surface area (Å²) < 4.78 is 14.8. The molecule has 16 heteroatoms. The van der Waals surface area contributed by atoms with Gasteiger partial charge in [-0.1, -0.05) is 71.8 Å². The van der Waals surface area contributed by atoms with Crippen molar-refractivity contribution < 1.29 is 19.7 Å². The van der Waals surface area contributed by atoms with E-state index in [1.807, 2.05) is 62.5 Å². The van der Waals surface area contributed by atoms with Crippen LogP contribution in [-0.4, -0.2) is 56.8 Å². The number of phenols is 2. The minimum absolute atomic E-state index is 0.150. The van der Waals surface area contributed by atoms with Crippen molar-refractivity contribution in [2.75, 3.05) is 24.9 Å². The van der Waals surface area contributed by atoms with Gasteiger partial charge in [-0.25, -0.2) is 9.97 Å². The number of aryl methyl sites for hydroxylation is 6. The molecule has 0 amide bonds. The van der Waals surface area contributed by atoms with E-state index in [-0.39, 0.29) is 14.7 Å². The largest absolute Gasteiger partial charge is 0.504 e. The second-order valence-corrected chi connectivity index (χ2v) is 21.1. The van der Waals surface area contributed by atoms with Gasteiger partial charge in [-0.15, -0.1) is 47.3 Å². The third-order valence-corrected chi connectivity index (χ3v) is 9.91. The number of aromatic hydroxyl groups is 2. The van der Waals surface area contributed by atoms with Crippen molar-refractivity contribution in [2.45, 2.75) is 54.6 Å². The second-order valence-electron chi connectivity index (χ2n) is 14.7. The lowest BCUT2D eigenvalue weighted by Crippen LogP contribution is -2.07. The Morgan fingerprint density at radius 2 is 0.968 bits per heavy atom. The molecule has 0 fully saturated rings. The van der Waals surface area contributed by atoms with E-state index in [1.54, 1.807) is 24.8 Å². The zero-order valence-electron chi connectivity index (χ0n) is 35.8. The Hall–Kier alpha value is -5.58. The van der Waals surface area contributed by atoms with Gasteiger partial charge >= 0.3 is 3.18 Å². The van der Waals surface area contributed by atoms with Crippen LogP contribution in [0.3, 0.4) is 0 Å². The molecule has 8 rings (SSSR count). The van der Waals surface area contributed by atoms with Crippen molar-refractivity contribution in [3.8, 4) is 45.3 Å². The monoisotopic (exact) mass is 1020 g/mol. The highest BCUT2D eigenvalue weighted by molar-refractivity contribution is 9.69. The molecule has 0 atom stereocenters. The first kappa shape index (κ1) is 45.9. The van der Waals surface area contributed by atoms with Crippen LogP contribution >= 0.6 is 47.3 Å². The number of hydrogen-bond donors (Lipinski definition) is 4. The van der Waals surface area contributed by atoms with Gasteiger partial charge in [-0.3, -0.25) is 0 Å². The fraction of sp³-hybridized carbons (Fsp3) is 0.217. The zero-order chi connectivity index (χ0) is 44.7. The lowest BCUT2D eigenvalue weighted by Gasteiger charge is -2.11. The van der Waals surface area contributed by atoms with Crippen molar-refractivity contribution >= 4 is 73.4 Å². The Morgan fingerprint density at radius 3 is 1.39 bits per heavy atom. The summed E-state index contributed by atoms with van der Waals surface area (Å²) in [5, 5.41) is 35.9. The van der Waals surface area contributed by atoms with Gasteiger partial charge in [0.25, 0.3) is 0 Å². The van der Waals surface area contributed by atoms with E-state index in [2.05, 4.69) is 130 Å².